The van der Waals surface area contributed by atoms with Gasteiger partial charge in [-0.2, -0.15) is 23.7 Å². The van der Waals surface area contributed by atoms with E-state index in [1.165, 1.54) is 61.7 Å². The molecule has 6 nitrogen and oxygen atoms in total. The summed E-state index contributed by atoms with van der Waals surface area (Å²) in [5, 5.41) is 17.6. The minimum atomic E-state index is -5.00. The molecular formula is C22H14F3N3O3S. The Morgan fingerprint density at radius 1 is 1.03 bits per heavy atom. The molecule has 0 saturated heterocycles. The first-order valence-corrected chi connectivity index (χ1v) is 10.6. The number of pyridine rings is 1. The molecule has 0 N–H and O–H groups in total. The van der Waals surface area contributed by atoms with Crippen LogP contribution in [0.2, 0.25) is 0 Å². The summed E-state index contributed by atoms with van der Waals surface area (Å²) >= 11 is 0. The summed E-state index contributed by atoms with van der Waals surface area (Å²) in [6.07, 6.45) is -5.00. The predicted octanol–water partition coefficient (Wildman–Crippen LogP) is 4.49. The second kappa shape index (κ2) is 8.69. The van der Waals surface area contributed by atoms with E-state index in [0.29, 0.717) is 11.8 Å². The van der Waals surface area contributed by atoms with Crippen molar-refractivity contribution in [3.8, 4) is 29.1 Å². The molecule has 0 saturated carbocycles. The quantitative estimate of drug-likeness (QED) is 0.559. The molecule has 0 aliphatic carbocycles. The second-order valence-electron chi connectivity index (χ2n) is 6.60. The van der Waals surface area contributed by atoms with Gasteiger partial charge in [0.15, 0.2) is 5.03 Å². The van der Waals surface area contributed by atoms with E-state index in [0.717, 1.165) is 0 Å². The molecule has 3 rings (SSSR count). The third kappa shape index (κ3) is 4.56. The van der Waals surface area contributed by atoms with Crippen molar-refractivity contribution in [3.05, 3.63) is 76.9 Å². The van der Waals surface area contributed by atoms with E-state index in [4.69, 9.17) is 4.74 Å². The predicted molar refractivity (Wildman–Crippen MR) is 108 cm³/mol. The summed E-state index contributed by atoms with van der Waals surface area (Å²) in [7, 11) is -3.11. The van der Waals surface area contributed by atoms with Gasteiger partial charge in [-0.25, -0.2) is 13.4 Å². The Balaban J connectivity index is 2.25. The lowest BCUT2D eigenvalue weighted by molar-refractivity contribution is -0.138. The fraction of sp³-hybridized carbons (Fsp3) is 0.136. The van der Waals surface area contributed by atoms with Gasteiger partial charge >= 0.3 is 6.18 Å². The number of rotatable bonds is 5. The molecule has 0 amide bonds. The zero-order valence-electron chi connectivity index (χ0n) is 16.5. The lowest BCUT2D eigenvalue weighted by Crippen LogP contribution is -2.16. The van der Waals surface area contributed by atoms with Crippen LogP contribution in [0.1, 0.15) is 22.3 Å². The van der Waals surface area contributed by atoms with Crippen molar-refractivity contribution < 1.29 is 26.3 Å². The minimum Gasteiger partial charge on any atom is -0.497 e. The van der Waals surface area contributed by atoms with Crippen LogP contribution in [0.5, 0.6) is 5.75 Å². The van der Waals surface area contributed by atoms with Crippen molar-refractivity contribution in [2.75, 3.05) is 7.11 Å². The van der Waals surface area contributed by atoms with Crippen molar-refractivity contribution in [2.24, 2.45) is 0 Å². The highest BCUT2D eigenvalue weighted by Gasteiger charge is 2.38. The van der Waals surface area contributed by atoms with Crippen LogP contribution in [0.15, 0.2) is 59.6 Å². The van der Waals surface area contributed by atoms with Gasteiger partial charge in [0, 0.05) is 5.56 Å². The Bertz CT molecular complexity index is 1350. The highest BCUT2D eigenvalue weighted by Crippen LogP contribution is 2.37. The lowest BCUT2D eigenvalue weighted by atomic mass is 10.1. The van der Waals surface area contributed by atoms with Gasteiger partial charge in [-0.05, 0) is 42.0 Å². The summed E-state index contributed by atoms with van der Waals surface area (Å²) in [5.74, 6) is -0.346. The van der Waals surface area contributed by atoms with Crippen LogP contribution in [0.4, 0.5) is 13.2 Å². The standard InChI is InChI=1S/C22H14F3N3O3S/c1-31-17-8-6-14(7-9-17)20-10-19(22(23,24)25)18(12-27)21(28-20)32(29,30)13-16-5-3-2-4-15(16)11-26/h2-10H,13H2,1H3. The average Bonchev–Trinajstić information content (AvgIpc) is 2.77. The Labute approximate surface area is 182 Å². The molecule has 0 fully saturated rings. The molecule has 0 aliphatic heterocycles. The van der Waals surface area contributed by atoms with Crippen molar-refractivity contribution in [1.29, 1.82) is 10.5 Å². The first kappa shape index (κ1) is 22.8. The van der Waals surface area contributed by atoms with E-state index >= 15 is 0 Å². The van der Waals surface area contributed by atoms with Crippen LogP contribution < -0.4 is 4.74 Å². The van der Waals surface area contributed by atoms with Crippen molar-refractivity contribution >= 4 is 9.84 Å². The van der Waals surface area contributed by atoms with Gasteiger partial charge in [0.2, 0.25) is 9.84 Å². The SMILES string of the molecule is COc1ccc(-c2cc(C(F)(F)F)c(C#N)c(S(=O)(=O)Cc3ccccc3C#N)n2)cc1. The average molecular weight is 457 g/mol. The second-order valence-corrected chi connectivity index (χ2v) is 8.51. The molecule has 1 aromatic heterocycles. The number of aromatic nitrogens is 1. The van der Waals surface area contributed by atoms with E-state index in [1.54, 1.807) is 0 Å². The maximum Gasteiger partial charge on any atom is 0.417 e. The summed E-state index contributed by atoms with van der Waals surface area (Å²) < 4.78 is 72.4. The van der Waals surface area contributed by atoms with Crippen LogP contribution in [-0.4, -0.2) is 20.5 Å². The molecule has 1 heterocycles. The summed E-state index contributed by atoms with van der Waals surface area (Å²) in [6, 6.07) is 15.4. The molecule has 162 valence electrons. The Kier molecular flexibility index (Phi) is 6.19. The van der Waals surface area contributed by atoms with Gasteiger partial charge < -0.3 is 4.74 Å². The number of hydrogen-bond acceptors (Lipinski definition) is 6. The summed E-state index contributed by atoms with van der Waals surface area (Å²) in [6.45, 7) is 0. The van der Waals surface area contributed by atoms with Crippen molar-refractivity contribution in [1.82, 2.24) is 4.98 Å². The molecular weight excluding hydrogens is 443 g/mol. The highest BCUT2D eigenvalue weighted by molar-refractivity contribution is 7.90. The highest BCUT2D eigenvalue weighted by atomic mass is 32.2. The number of hydrogen-bond donors (Lipinski definition) is 0. The lowest BCUT2D eigenvalue weighted by Gasteiger charge is -2.15. The molecule has 0 unspecified atom stereocenters. The normalized spacial score (nSPS) is 11.4. The number of nitriles is 2. The van der Waals surface area contributed by atoms with Gasteiger partial charge in [0.25, 0.3) is 0 Å². The zero-order chi connectivity index (χ0) is 23.5. The molecule has 2 aromatic carbocycles. The molecule has 10 heteroatoms. The third-order valence-electron chi connectivity index (χ3n) is 4.57. The number of benzene rings is 2. The van der Waals surface area contributed by atoms with Crippen LogP contribution >= 0.6 is 0 Å². The third-order valence-corrected chi connectivity index (χ3v) is 6.14. The first-order valence-electron chi connectivity index (χ1n) is 8.98. The van der Waals surface area contributed by atoms with E-state index in [-0.39, 0.29) is 22.4 Å². The molecule has 32 heavy (non-hydrogen) atoms. The van der Waals surface area contributed by atoms with Gasteiger partial charge in [-0.3, -0.25) is 0 Å². The Morgan fingerprint density at radius 2 is 1.69 bits per heavy atom. The molecule has 0 radical (unpaired) electrons. The number of alkyl halides is 3. The zero-order valence-corrected chi connectivity index (χ0v) is 17.3. The topological polar surface area (TPSA) is 104 Å². The number of halogens is 3. The molecule has 3 aromatic rings. The first-order chi connectivity index (χ1) is 15.1. The van der Waals surface area contributed by atoms with Crippen LogP contribution in [-0.2, 0) is 21.8 Å². The van der Waals surface area contributed by atoms with Gasteiger partial charge in [-0.15, -0.1) is 0 Å². The smallest absolute Gasteiger partial charge is 0.417 e. The van der Waals surface area contributed by atoms with E-state index in [1.807, 2.05) is 6.07 Å². The summed E-state index contributed by atoms with van der Waals surface area (Å²) in [4.78, 5) is 3.93. The van der Waals surface area contributed by atoms with Crippen LogP contribution in [0.25, 0.3) is 11.3 Å². The van der Waals surface area contributed by atoms with Crippen molar-refractivity contribution in [3.63, 3.8) is 0 Å². The molecule has 0 aliphatic rings. The summed E-state index contributed by atoms with van der Waals surface area (Å²) in [5.41, 5.74) is -2.43. The monoisotopic (exact) mass is 457 g/mol. The largest absolute Gasteiger partial charge is 0.497 e. The molecule has 0 atom stereocenters. The van der Waals surface area contributed by atoms with Gasteiger partial charge in [-0.1, -0.05) is 18.2 Å². The fourth-order valence-corrected chi connectivity index (χ4v) is 4.52. The minimum absolute atomic E-state index is 0.0527. The fourth-order valence-electron chi connectivity index (χ4n) is 3.02. The maximum absolute atomic E-state index is 13.7. The number of nitrogens with zero attached hydrogens (tertiary/aromatic N) is 3. The number of sulfone groups is 1. The van der Waals surface area contributed by atoms with Gasteiger partial charge in [0.1, 0.15) is 17.4 Å². The van der Waals surface area contributed by atoms with Crippen LogP contribution in [0, 0.1) is 22.7 Å². The van der Waals surface area contributed by atoms with Crippen molar-refractivity contribution in [2.45, 2.75) is 17.0 Å². The maximum atomic E-state index is 13.7. The number of methoxy groups -OCH3 is 1. The van der Waals surface area contributed by atoms with Gasteiger partial charge in [0.05, 0.1) is 35.8 Å². The molecule has 0 bridgehead atoms. The molecule has 0 spiro atoms. The van der Waals surface area contributed by atoms with E-state index < -0.39 is 37.9 Å². The Morgan fingerprint density at radius 3 is 2.25 bits per heavy atom. The van der Waals surface area contributed by atoms with E-state index in [2.05, 4.69) is 4.98 Å². The Hall–Kier alpha value is -3.89. The number of ether oxygens (including phenoxy) is 1. The van der Waals surface area contributed by atoms with E-state index in [9.17, 15) is 32.1 Å². The van der Waals surface area contributed by atoms with Crippen LogP contribution in [0.3, 0.4) is 0 Å².